The van der Waals surface area contributed by atoms with Crippen molar-refractivity contribution in [3.63, 3.8) is 0 Å². The molecular weight excluding hydrogens is 276 g/mol. The zero-order valence-corrected chi connectivity index (χ0v) is 12.2. The normalized spacial score (nSPS) is 31.2. The van der Waals surface area contributed by atoms with Gasteiger partial charge in [0.05, 0.1) is 0 Å². The Morgan fingerprint density at radius 3 is 2.71 bits per heavy atom. The number of hydrogen-bond donors (Lipinski definition) is 1. The molecule has 1 aliphatic carbocycles. The van der Waals surface area contributed by atoms with Gasteiger partial charge in [0.2, 0.25) is 0 Å². The van der Waals surface area contributed by atoms with Gasteiger partial charge in [0, 0.05) is 22.9 Å². The molecule has 1 aromatic heterocycles. The molecule has 0 spiro atoms. The van der Waals surface area contributed by atoms with Crippen LogP contribution in [-0.4, -0.2) is 4.98 Å². The fraction of sp³-hybridized carbons (Fsp3) is 0.643. The van der Waals surface area contributed by atoms with Crippen LogP contribution in [0.5, 0.6) is 0 Å². The van der Waals surface area contributed by atoms with E-state index in [4.69, 9.17) is 5.73 Å². The maximum atomic E-state index is 6.39. The molecule has 17 heavy (non-hydrogen) atoms. The first-order valence-electron chi connectivity index (χ1n) is 6.44. The van der Waals surface area contributed by atoms with E-state index in [1.54, 1.807) is 0 Å². The lowest BCUT2D eigenvalue weighted by molar-refractivity contribution is 0.186. The number of rotatable bonds is 2. The monoisotopic (exact) mass is 296 g/mol. The first-order chi connectivity index (χ1) is 8.08. The maximum absolute atomic E-state index is 6.39. The van der Waals surface area contributed by atoms with E-state index in [2.05, 4.69) is 40.8 Å². The quantitative estimate of drug-likeness (QED) is 0.898. The summed E-state index contributed by atoms with van der Waals surface area (Å²) in [5, 5.41) is 0. The highest BCUT2D eigenvalue weighted by Crippen LogP contribution is 2.38. The SMILES string of the molecule is CC1CCC(C(N)c2cncc(Br)c2)CC1C. The molecule has 0 saturated heterocycles. The molecule has 1 heterocycles. The van der Waals surface area contributed by atoms with Gasteiger partial charge in [-0.2, -0.15) is 0 Å². The van der Waals surface area contributed by atoms with Crippen LogP contribution in [-0.2, 0) is 0 Å². The molecule has 0 radical (unpaired) electrons. The molecular formula is C14H21BrN2. The van der Waals surface area contributed by atoms with E-state index in [9.17, 15) is 0 Å². The highest BCUT2D eigenvalue weighted by Gasteiger charge is 2.29. The molecule has 2 N–H and O–H groups in total. The van der Waals surface area contributed by atoms with Gasteiger partial charge in [-0.25, -0.2) is 0 Å². The minimum Gasteiger partial charge on any atom is -0.324 e. The predicted octanol–water partition coefficient (Wildman–Crippen LogP) is 3.92. The molecule has 4 unspecified atom stereocenters. The summed E-state index contributed by atoms with van der Waals surface area (Å²) in [7, 11) is 0. The van der Waals surface area contributed by atoms with Gasteiger partial charge < -0.3 is 5.73 Å². The maximum Gasteiger partial charge on any atom is 0.0410 e. The summed E-state index contributed by atoms with van der Waals surface area (Å²) in [6.45, 7) is 4.70. The molecule has 2 rings (SSSR count). The Labute approximate surface area is 112 Å². The minimum absolute atomic E-state index is 0.134. The molecule has 3 heteroatoms. The molecule has 0 aliphatic heterocycles. The topological polar surface area (TPSA) is 38.9 Å². The average Bonchev–Trinajstić information content (AvgIpc) is 2.32. The number of nitrogens with zero attached hydrogens (tertiary/aromatic N) is 1. The van der Waals surface area contributed by atoms with E-state index < -0.39 is 0 Å². The Bertz CT molecular complexity index is 380. The molecule has 0 bridgehead atoms. The van der Waals surface area contributed by atoms with Gasteiger partial charge in [0.25, 0.3) is 0 Å². The predicted molar refractivity (Wildman–Crippen MR) is 74.5 cm³/mol. The van der Waals surface area contributed by atoms with Gasteiger partial charge in [-0.3, -0.25) is 4.98 Å². The Morgan fingerprint density at radius 1 is 1.29 bits per heavy atom. The Kier molecular flexibility index (Phi) is 4.21. The van der Waals surface area contributed by atoms with Crippen molar-refractivity contribution in [2.24, 2.45) is 23.5 Å². The van der Waals surface area contributed by atoms with Crippen LogP contribution in [0.4, 0.5) is 0 Å². The van der Waals surface area contributed by atoms with Crippen LogP contribution in [0, 0.1) is 17.8 Å². The van der Waals surface area contributed by atoms with E-state index in [1.165, 1.54) is 19.3 Å². The van der Waals surface area contributed by atoms with Crippen molar-refractivity contribution in [3.05, 3.63) is 28.5 Å². The third-order valence-corrected chi connectivity index (χ3v) is 4.69. The van der Waals surface area contributed by atoms with Crippen LogP contribution in [0.15, 0.2) is 22.9 Å². The molecule has 1 aliphatic rings. The lowest BCUT2D eigenvalue weighted by Crippen LogP contribution is -2.29. The highest BCUT2D eigenvalue weighted by atomic mass is 79.9. The minimum atomic E-state index is 0.134. The fourth-order valence-electron chi connectivity index (χ4n) is 2.80. The summed E-state index contributed by atoms with van der Waals surface area (Å²) in [4.78, 5) is 4.21. The van der Waals surface area contributed by atoms with E-state index in [0.717, 1.165) is 21.9 Å². The van der Waals surface area contributed by atoms with Crippen molar-refractivity contribution in [2.75, 3.05) is 0 Å². The Balaban J connectivity index is 2.07. The van der Waals surface area contributed by atoms with Gasteiger partial charge >= 0.3 is 0 Å². The van der Waals surface area contributed by atoms with E-state index in [-0.39, 0.29) is 6.04 Å². The molecule has 0 amide bonds. The van der Waals surface area contributed by atoms with Crippen LogP contribution < -0.4 is 5.73 Å². The smallest absolute Gasteiger partial charge is 0.0410 e. The zero-order chi connectivity index (χ0) is 12.4. The summed E-state index contributed by atoms with van der Waals surface area (Å²) < 4.78 is 1.02. The number of nitrogens with two attached hydrogens (primary N) is 1. The van der Waals surface area contributed by atoms with Crippen LogP contribution in [0.1, 0.15) is 44.7 Å². The van der Waals surface area contributed by atoms with E-state index in [0.29, 0.717) is 5.92 Å². The van der Waals surface area contributed by atoms with Crippen LogP contribution in [0.2, 0.25) is 0 Å². The second kappa shape index (κ2) is 5.49. The third kappa shape index (κ3) is 3.08. The first kappa shape index (κ1) is 13.0. The van der Waals surface area contributed by atoms with E-state index in [1.807, 2.05) is 12.4 Å². The number of aromatic nitrogens is 1. The van der Waals surface area contributed by atoms with Crippen molar-refractivity contribution in [1.29, 1.82) is 0 Å². The van der Waals surface area contributed by atoms with Crippen molar-refractivity contribution in [1.82, 2.24) is 4.98 Å². The summed E-state index contributed by atoms with van der Waals surface area (Å²) in [6, 6.07) is 2.23. The summed E-state index contributed by atoms with van der Waals surface area (Å²) in [5.74, 6) is 2.25. The van der Waals surface area contributed by atoms with Gasteiger partial charge in [-0.1, -0.05) is 20.3 Å². The van der Waals surface area contributed by atoms with Crippen LogP contribution >= 0.6 is 15.9 Å². The first-order valence-corrected chi connectivity index (χ1v) is 7.23. The summed E-state index contributed by atoms with van der Waals surface area (Å²) >= 11 is 3.46. The molecule has 2 nitrogen and oxygen atoms in total. The van der Waals surface area contributed by atoms with Crippen molar-refractivity contribution in [3.8, 4) is 0 Å². The second-order valence-corrected chi connectivity index (χ2v) is 6.41. The van der Waals surface area contributed by atoms with E-state index >= 15 is 0 Å². The van der Waals surface area contributed by atoms with Crippen molar-refractivity contribution in [2.45, 2.75) is 39.2 Å². The van der Waals surface area contributed by atoms with Gasteiger partial charge in [0.1, 0.15) is 0 Å². The third-order valence-electron chi connectivity index (χ3n) is 4.26. The zero-order valence-electron chi connectivity index (χ0n) is 10.6. The molecule has 94 valence electrons. The van der Waals surface area contributed by atoms with Gasteiger partial charge in [-0.15, -0.1) is 0 Å². The molecule has 1 fully saturated rings. The molecule has 0 aromatic carbocycles. The number of halogens is 1. The van der Waals surface area contributed by atoms with Crippen LogP contribution in [0.3, 0.4) is 0 Å². The standard InChI is InChI=1S/C14H21BrN2/c1-9-3-4-11(5-10(9)2)14(16)12-6-13(15)8-17-7-12/h6-11,14H,3-5,16H2,1-2H3. The summed E-state index contributed by atoms with van der Waals surface area (Å²) in [6.07, 6.45) is 7.51. The Hall–Kier alpha value is -0.410. The highest BCUT2D eigenvalue weighted by molar-refractivity contribution is 9.10. The fourth-order valence-corrected chi connectivity index (χ4v) is 3.18. The van der Waals surface area contributed by atoms with Crippen molar-refractivity contribution >= 4 is 15.9 Å². The number of hydrogen-bond acceptors (Lipinski definition) is 2. The average molecular weight is 297 g/mol. The van der Waals surface area contributed by atoms with Crippen molar-refractivity contribution < 1.29 is 0 Å². The largest absolute Gasteiger partial charge is 0.324 e. The molecule has 4 atom stereocenters. The summed E-state index contributed by atoms with van der Waals surface area (Å²) in [5.41, 5.74) is 7.54. The lowest BCUT2D eigenvalue weighted by atomic mass is 9.72. The van der Waals surface area contributed by atoms with Crippen LogP contribution in [0.25, 0.3) is 0 Å². The number of pyridine rings is 1. The lowest BCUT2D eigenvalue weighted by Gasteiger charge is -2.35. The van der Waals surface area contributed by atoms with Gasteiger partial charge in [0.15, 0.2) is 0 Å². The Morgan fingerprint density at radius 2 is 2.06 bits per heavy atom. The van der Waals surface area contributed by atoms with Gasteiger partial charge in [-0.05, 0) is 58.2 Å². The second-order valence-electron chi connectivity index (χ2n) is 5.49. The molecule has 1 saturated carbocycles. The molecule has 1 aromatic rings.